The van der Waals surface area contributed by atoms with Crippen LogP contribution in [0.15, 0.2) is 54.6 Å². The minimum absolute atomic E-state index is 0.0941. The van der Waals surface area contributed by atoms with E-state index in [1.807, 2.05) is 18.2 Å². The number of ether oxygens (including phenoxy) is 1. The third-order valence-electron chi connectivity index (χ3n) is 5.96. The Morgan fingerprint density at radius 3 is 2.48 bits per heavy atom. The van der Waals surface area contributed by atoms with Gasteiger partial charge >= 0.3 is 0 Å². The molecule has 27 heavy (non-hydrogen) atoms. The van der Waals surface area contributed by atoms with Gasteiger partial charge in [-0.15, -0.1) is 0 Å². The van der Waals surface area contributed by atoms with Crippen LogP contribution in [-0.2, 0) is 11.2 Å². The van der Waals surface area contributed by atoms with Gasteiger partial charge < -0.3 is 19.6 Å². The summed E-state index contributed by atoms with van der Waals surface area (Å²) in [7, 11) is 0. The van der Waals surface area contributed by atoms with Crippen LogP contribution in [0.25, 0.3) is 0 Å². The molecule has 1 N–H and O–H groups in total. The maximum absolute atomic E-state index is 10.3. The summed E-state index contributed by atoms with van der Waals surface area (Å²) in [5.74, 6) is 0.363. The summed E-state index contributed by atoms with van der Waals surface area (Å²) in [4.78, 5) is 4.87. The third kappa shape index (κ3) is 4.28. The number of morpholine rings is 1. The Kier molecular flexibility index (Phi) is 5.37. The Balaban J connectivity index is 1.37. The second-order valence-electron chi connectivity index (χ2n) is 8.06. The van der Waals surface area contributed by atoms with E-state index in [1.165, 1.54) is 5.56 Å². The van der Waals surface area contributed by atoms with Gasteiger partial charge in [0.05, 0.1) is 17.4 Å². The number of hydrogen-bond acceptors (Lipinski definition) is 4. The largest absolute Gasteiger partial charge is 0.506 e. The smallest absolute Gasteiger partial charge is 0.138 e. The normalized spacial score (nSPS) is 22.9. The lowest BCUT2D eigenvalue weighted by Gasteiger charge is -2.50. The van der Waals surface area contributed by atoms with E-state index in [4.69, 9.17) is 4.74 Å². The highest BCUT2D eigenvalue weighted by molar-refractivity contribution is 5.58. The number of likely N-dealkylation sites (tertiary alicyclic amines) is 1. The third-order valence-corrected chi connectivity index (χ3v) is 5.96. The minimum atomic E-state index is -0.0941. The molecule has 2 aromatic carbocycles. The molecular weight excluding hydrogens is 336 g/mol. The van der Waals surface area contributed by atoms with Crippen molar-refractivity contribution in [3.8, 4) is 5.75 Å². The summed E-state index contributed by atoms with van der Waals surface area (Å²) < 4.78 is 6.47. The molecule has 2 heterocycles. The van der Waals surface area contributed by atoms with Crippen LogP contribution in [0.2, 0.25) is 0 Å². The van der Waals surface area contributed by atoms with Gasteiger partial charge in [-0.1, -0.05) is 42.5 Å². The van der Waals surface area contributed by atoms with Gasteiger partial charge in [0.25, 0.3) is 0 Å². The molecule has 4 rings (SSSR count). The van der Waals surface area contributed by atoms with Crippen LogP contribution in [-0.4, -0.2) is 54.4 Å². The van der Waals surface area contributed by atoms with Crippen molar-refractivity contribution in [1.82, 2.24) is 4.90 Å². The highest BCUT2D eigenvalue weighted by Gasteiger charge is 2.42. The van der Waals surface area contributed by atoms with E-state index < -0.39 is 0 Å². The van der Waals surface area contributed by atoms with Crippen LogP contribution < -0.4 is 4.90 Å². The topological polar surface area (TPSA) is 35.9 Å². The molecule has 144 valence electrons. The van der Waals surface area contributed by atoms with Gasteiger partial charge in [-0.25, -0.2) is 0 Å². The van der Waals surface area contributed by atoms with Crippen LogP contribution in [0.3, 0.4) is 0 Å². The molecule has 4 nitrogen and oxygen atoms in total. The van der Waals surface area contributed by atoms with Gasteiger partial charge in [-0.3, -0.25) is 0 Å². The molecule has 2 fully saturated rings. The van der Waals surface area contributed by atoms with E-state index in [0.717, 1.165) is 57.7 Å². The number of phenolic OH excluding ortho intramolecular Hbond substituents is 1. The molecule has 2 aliphatic rings. The minimum Gasteiger partial charge on any atom is -0.506 e. The van der Waals surface area contributed by atoms with Crippen molar-refractivity contribution in [3.63, 3.8) is 0 Å². The number of rotatable bonds is 4. The Labute approximate surface area is 162 Å². The maximum atomic E-state index is 10.3. The van der Waals surface area contributed by atoms with Crippen molar-refractivity contribution in [2.75, 3.05) is 37.6 Å². The molecule has 2 saturated heterocycles. The summed E-state index contributed by atoms with van der Waals surface area (Å²) in [5.41, 5.74) is 2.24. The van der Waals surface area contributed by atoms with Crippen molar-refractivity contribution >= 4 is 5.69 Å². The predicted octanol–water partition coefficient (Wildman–Crippen LogP) is 3.69. The molecule has 1 spiro atoms. The standard InChI is InChI=1S/C23H30N2O2/c1-19-17-25(21-9-5-6-10-22(21)26)18-23(27-19)12-15-24(16-13-23)14-11-20-7-3-2-4-8-20/h2-10,19,26H,11-18H2,1H3. The van der Waals surface area contributed by atoms with E-state index in [2.05, 4.69) is 47.1 Å². The van der Waals surface area contributed by atoms with Gasteiger partial charge in [0.2, 0.25) is 0 Å². The Morgan fingerprint density at radius 2 is 1.74 bits per heavy atom. The van der Waals surface area contributed by atoms with E-state index >= 15 is 0 Å². The van der Waals surface area contributed by atoms with Crippen LogP contribution >= 0.6 is 0 Å². The van der Waals surface area contributed by atoms with Gasteiger partial charge in [-0.05, 0) is 43.9 Å². The van der Waals surface area contributed by atoms with Crippen molar-refractivity contribution in [1.29, 1.82) is 0 Å². The van der Waals surface area contributed by atoms with E-state index in [9.17, 15) is 5.11 Å². The number of piperidine rings is 1. The van der Waals surface area contributed by atoms with Crippen molar-refractivity contribution in [2.24, 2.45) is 0 Å². The van der Waals surface area contributed by atoms with Crippen molar-refractivity contribution in [2.45, 2.75) is 37.9 Å². The first-order chi connectivity index (χ1) is 13.1. The van der Waals surface area contributed by atoms with Gasteiger partial charge in [0.15, 0.2) is 0 Å². The molecule has 0 radical (unpaired) electrons. The lowest BCUT2D eigenvalue weighted by atomic mass is 9.88. The molecule has 0 bridgehead atoms. The summed E-state index contributed by atoms with van der Waals surface area (Å²) in [6.45, 7) is 7.11. The molecule has 0 aliphatic carbocycles. The number of para-hydroxylation sites is 2. The van der Waals surface area contributed by atoms with Crippen LogP contribution in [0.5, 0.6) is 5.75 Å². The summed E-state index contributed by atoms with van der Waals surface area (Å²) in [5, 5.41) is 10.3. The lowest BCUT2D eigenvalue weighted by Crippen LogP contribution is -2.59. The molecule has 1 unspecified atom stereocenters. The SMILES string of the molecule is CC1CN(c2ccccc2O)CC2(CCN(CCc3ccccc3)CC2)O1. The van der Waals surface area contributed by atoms with E-state index in [0.29, 0.717) is 5.75 Å². The second-order valence-corrected chi connectivity index (χ2v) is 8.06. The lowest BCUT2D eigenvalue weighted by molar-refractivity contribution is -0.126. The van der Waals surface area contributed by atoms with Crippen LogP contribution in [0.4, 0.5) is 5.69 Å². The predicted molar refractivity (Wildman–Crippen MR) is 109 cm³/mol. The number of aromatic hydroxyl groups is 1. The molecule has 1 atom stereocenters. The summed E-state index contributed by atoms with van der Waals surface area (Å²) in [6.07, 6.45) is 3.39. The molecule has 0 saturated carbocycles. The molecular formula is C23H30N2O2. The first kappa shape index (κ1) is 18.3. The molecule has 2 aromatic rings. The quantitative estimate of drug-likeness (QED) is 0.895. The number of hydrogen-bond donors (Lipinski definition) is 1. The van der Waals surface area contributed by atoms with Crippen LogP contribution in [0, 0.1) is 0 Å². The number of nitrogens with zero attached hydrogens (tertiary/aromatic N) is 2. The zero-order chi connectivity index (χ0) is 18.7. The first-order valence-corrected chi connectivity index (χ1v) is 10.1. The van der Waals surface area contributed by atoms with Crippen molar-refractivity contribution < 1.29 is 9.84 Å². The Morgan fingerprint density at radius 1 is 1.04 bits per heavy atom. The molecule has 2 aliphatic heterocycles. The zero-order valence-corrected chi connectivity index (χ0v) is 16.2. The first-order valence-electron chi connectivity index (χ1n) is 10.1. The maximum Gasteiger partial charge on any atom is 0.138 e. The Bertz CT molecular complexity index is 741. The number of phenols is 1. The number of benzene rings is 2. The fourth-order valence-electron chi connectivity index (χ4n) is 4.53. The molecule has 4 heteroatoms. The fraction of sp³-hybridized carbons (Fsp3) is 0.478. The zero-order valence-electron chi connectivity index (χ0n) is 16.2. The molecule has 0 aromatic heterocycles. The van der Waals surface area contributed by atoms with Crippen LogP contribution in [0.1, 0.15) is 25.3 Å². The van der Waals surface area contributed by atoms with E-state index in [1.54, 1.807) is 6.07 Å². The Hall–Kier alpha value is -2.04. The highest BCUT2D eigenvalue weighted by Crippen LogP contribution is 2.37. The molecule has 0 amide bonds. The summed E-state index contributed by atoms with van der Waals surface area (Å²) in [6, 6.07) is 18.4. The van der Waals surface area contributed by atoms with Gasteiger partial charge in [0, 0.05) is 32.7 Å². The van der Waals surface area contributed by atoms with Crippen molar-refractivity contribution in [3.05, 3.63) is 60.2 Å². The second kappa shape index (κ2) is 7.91. The monoisotopic (exact) mass is 366 g/mol. The highest BCUT2D eigenvalue weighted by atomic mass is 16.5. The average molecular weight is 367 g/mol. The van der Waals surface area contributed by atoms with E-state index in [-0.39, 0.29) is 11.7 Å². The van der Waals surface area contributed by atoms with Gasteiger partial charge in [-0.2, -0.15) is 0 Å². The van der Waals surface area contributed by atoms with Gasteiger partial charge in [0.1, 0.15) is 5.75 Å². The number of anilines is 1. The fourth-order valence-corrected chi connectivity index (χ4v) is 4.53. The average Bonchev–Trinajstić information content (AvgIpc) is 2.68. The summed E-state index contributed by atoms with van der Waals surface area (Å²) >= 11 is 0.